The van der Waals surface area contributed by atoms with Gasteiger partial charge in [0.1, 0.15) is 5.82 Å². The Balaban J connectivity index is 2.02. The first-order valence-corrected chi connectivity index (χ1v) is 8.55. The molecule has 0 aliphatic rings. The van der Waals surface area contributed by atoms with Crippen LogP contribution >= 0.6 is 0 Å². The molecule has 3 rings (SSSR count). The summed E-state index contributed by atoms with van der Waals surface area (Å²) in [6.45, 7) is 0.978. The van der Waals surface area contributed by atoms with Gasteiger partial charge >= 0.3 is 12.1 Å². The predicted octanol–water partition coefficient (Wildman–Crippen LogP) is 3.29. The molecule has 3 aromatic rings. The number of alkyl halides is 3. The number of halogens is 3. The van der Waals surface area contributed by atoms with E-state index in [2.05, 4.69) is 20.1 Å². The van der Waals surface area contributed by atoms with Crippen LogP contribution in [0.4, 0.5) is 30.6 Å². The highest BCUT2D eigenvalue weighted by Gasteiger charge is 2.43. The average Bonchev–Trinajstić information content (AvgIpc) is 2.69. The van der Waals surface area contributed by atoms with Crippen LogP contribution in [0.15, 0.2) is 42.5 Å². The van der Waals surface area contributed by atoms with Gasteiger partial charge in [-0.05, 0) is 35.4 Å². The van der Waals surface area contributed by atoms with Crippen LogP contribution < -0.4 is 16.1 Å². The first-order chi connectivity index (χ1) is 14.1. The number of nitrogens with zero attached hydrogens (tertiary/aromatic N) is 3. The fraction of sp³-hybridized carbons (Fsp3) is 0.158. The summed E-state index contributed by atoms with van der Waals surface area (Å²) in [6.07, 6.45) is -5.24. The highest BCUT2D eigenvalue weighted by atomic mass is 19.4. The zero-order valence-electron chi connectivity index (χ0n) is 15.8. The summed E-state index contributed by atoms with van der Waals surface area (Å²) in [4.78, 5) is 35.5. The molecule has 3 N–H and O–H groups in total. The molecule has 0 spiro atoms. The number of fused-ring (bicyclic) bond motifs is 1. The maximum atomic E-state index is 12.5. The van der Waals surface area contributed by atoms with Crippen LogP contribution in [0, 0.1) is 0 Å². The van der Waals surface area contributed by atoms with E-state index in [0.29, 0.717) is 27.5 Å². The minimum Gasteiger partial charge on any atom is -0.372 e. The third-order valence-electron chi connectivity index (χ3n) is 4.06. The van der Waals surface area contributed by atoms with Crippen LogP contribution in [-0.4, -0.2) is 35.1 Å². The van der Waals surface area contributed by atoms with Crippen molar-refractivity contribution >= 4 is 40.2 Å². The van der Waals surface area contributed by atoms with Crippen LogP contribution in [0.2, 0.25) is 0 Å². The number of hydrogen-bond acceptors (Lipinski definition) is 7. The van der Waals surface area contributed by atoms with Crippen molar-refractivity contribution in [3.63, 3.8) is 0 Å². The molecule has 0 saturated carbocycles. The van der Waals surface area contributed by atoms with Crippen molar-refractivity contribution in [3.05, 3.63) is 42.5 Å². The topological polar surface area (TPSA) is 110 Å². The van der Waals surface area contributed by atoms with Crippen molar-refractivity contribution in [1.82, 2.24) is 9.97 Å². The van der Waals surface area contributed by atoms with Crippen LogP contribution in [0.25, 0.3) is 22.0 Å². The Kier molecular flexibility index (Phi) is 5.45. The van der Waals surface area contributed by atoms with Gasteiger partial charge in [0, 0.05) is 19.4 Å². The Morgan fingerprint density at radius 2 is 1.80 bits per heavy atom. The van der Waals surface area contributed by atoms with Gasteiger partial charge in [0.25, 0.3) is 5.91 Å². The summed E-state index contributed by atoms with van der Waals surface area (Å²) in [7, 11) is 1.69. The second-order valence-electron chi connectivity index (χ2n) is 6.15. The number of hydroxylamine groups is 1. The number of nitrogens with two attached hydrogens (primary N) is 1. The van der Waals surface area contributed by atoms with Gasteiger partial charge in [-0.3, -0.25) is 4.79 Å². The van der Waals surface area contributed by atoms with Gasteiger partial charge < -0.3 is 15.9 Å². The first-order valence-electron chi connectivity index (χ1n) is 8.55. The number of amides is 1. The monoisotopic (exact) mass is 419 g/mol. The summed E-state index contributed by atoms with van der Waals surface area (Å²) in [5, 5.41) is 3.93. The van der Waals surface area contributed by atoms with Gasteiger partial charge in [0.05, 0.1) is 11.2 Å². The SMILES string of the molecule is CNc1nc(N)nc2cc(-c3cccc(N(OC(=O)C(F)(F)F)C(C)=O)c3)ccc12. The second kappa shape index (κ2) is 7.85. The number of nitrogens with one attached hydrogen (secondary N) is 1. The molecule has 0 fully saturated rings. The first kappa shape index (κ1) is 20.8. The number of carbonyl (C=O) groups is 2. The lowest BCUT2D eigenvalue weighted by molar-refractivity contribution is -0.201. The molecule has 1 aromatic heterocycles. The fourth-order valence-corrected chi connectivity index (χ4v) is 2.76. The smallest absolute Gasteiger partial charge is 0.372 e. The van der Waals surface area contributed by atoms with Gasteiger partial charge in [-0.1, -0.05) is 18.2 Å². The molecule has 0 radical (unpaired) electrons. The van der Waals surface area contributed by atoms with Gasteiger partial charge in [-0.2, -0.15) is 18.2 Å². The van der Waals surface area contributed by atoms with E-state index in [9.17, 15) is 22.8 Å². The van der Waals surface area contributed by atoms with Crippen LogP contribution in [0.5, 0.6) is 0 Å². The van der Waals surface area contributed by atoms with E-state index in [1.165, 1.54) is 18.2 Å². The maximum absolute atomic E-state index is 12.5. The molecule has 0 aliphatic carbocycles. The summed E-state index contributed by atoms with van der Waals surface area (Å²) in [6, 6.07) is 11.2. The Morgan fingerprint density at radius 3 is 2.43 bits per heavy atom. The van der Waals surface area contributed by atoms with Crippen molar-refractivity contribution in [3.8, 4) is 11.1 Å². The third kappa shape index (κ3) is 4.24. The molecule has 8 nitrogen and oxygen atoms in total. The maximum Gasteiger partial charge on any atom is 0.493 e. The van der Waals surface area contributed by atoms with Crippen LogP contribution in [-0.2, 0) is 14.4 Å². The number of rotatable bonds is 3. The lowest BCUT2D eigenvalue weighted by Crippen LogP contribution is -2.37. The molecule has 0 aliphatic heterocycles. The Bertz CT molecular complexity index is 1130. The Morgan fingerprint density at radius 1 is 1.10 bits per heavy atom. The molecular weight excluding hydrogens is 403 g/mol. The number of hydrogen-bond donors (Lipinski definition) is 2. The molecule has 156 valence electrons. The lowest BCUT2D eigenvalue weighted by atomic mass is 10.0. The van der Waals surface area contributed by atoms with Gasteiger partial charge in [0.2, 0.25) is 5.95 Å². The molecule has 2 aromatic carbocycles. The number of aromatic nitrogens is 2. The molecule has 0 bridgehead atoms. The third-order valence-corrected chi connectivity index (χ3v) is 4.06. The Labute approximate surface area is 168 Å². The summed E-state index contributed by atoms with van der Waals surface area (Å²) >= 11 is 0. The number of anilines is 3. The van der Waals surface area contributed by atoms with Crippen molar-refractivity contribution in [1.29, 1.82) is 0 Å². The van der Waals surface area contributed by atoms with Crippen molar-refractivity contribution in [2.45, 2.75) is 13.1 Å². The molecule has 1 amide bonds. The summed E-state index contributed by atoms with van der Waals surface area (Å²) < 4.78 is 37.6. The predicted molar refractivity (Wildman–Crippen MR) is 104 cm³/mol. The molecule has 1 heterocycles. The molecule has 0 atom stereocenters. The van der Waals surface area contributed by atoms with Crippen LogP contribution in [0.1, 0.15) is 6.92 Å². The number of benzene rings is 2. The van der Waals surface area contributed by atoms with E-state index in [0.717, 1.165) is 12.3 Å². The standard InChI is InChI=1S/C19H16F3N5O3/c1-10(28)27(30-17(29)19(20,21)22)13-5-3-4-11(8-13)12-6-7-14-15(9-12)25-18(23)26-16(14)24-2/h3-9H,1-2H3,(H3,23,24,25,26). The number of nitrogen functional groups attached to an aromatic ring is 1. The molecule has 0 unspecified atom stereocenters. The quantitative estimate of drug-likeness (QED) is 0.627. The average molecular weight is 419 g/mol. The second-order valence-corrected chi connectivity index (χ2v) is 6.15. The van der Waals surface area contributed by atoms with Crippen molar-refractivity contribution < 1.29 is 27.6 Å². The highest BCUT2D eigenvalue weighted by Crippen LogP contribution is 2.30. The van der Waals surface area contributed by atoms with E-state index < -0.39 is 18.1 Å². The van der Waals surface area contributed by atoms with E-state index in [-0.39, 0.29) is 11.6 Å². The van der Waals surface area contributed by atoms with Crippen molar-refractivity contribution in [2.75, 3.05) is 23.2 Å². The summed E-state index contributed by atoms with van der Waals surface area (Å²) in [5.41, 5.74) is 7.41. The fourth-order valence-electron chi connectivity index (χ4n) is 2.76. The molecular formula is C19H16F3N5O3. The lowest BCUT2D eigenvalue weighted by Gasteiger charge is -2.20. The van der Waals surface area contributed by atoms with Crippen molar-refractivity contribution in [2.24, 2.45) is 0 Å². The van der Waals surface area contributed by atoms with E-state index in [4.69, 9.17) is 5.73 Å². The normalized spacial score (nSPS) is 11.2. The van der Waals surface area contributed by atoms with E-state index >= 15 is 0 Å². The minimum absolute atomic E-state index is 0.0455. The number of carbonyl (C=O) groups excluding carboxylic acids is 2. The van der Waals surface area contributed by atoms with Gasteiger partial charge in [0.15, 0.2) is 0 Å². The minimum atomic E-state index is -5.24. The molecule has 11 heteroatoms. The Hall–Kier alpha value is -3.89. The molecule has 0 saturated heterocycles. The zero-order chi connectivity index (χ0) is 22.1. The van der Waals surface area contributed by atoms with E-state index in [1.54, 1.807) is 31.3 Å². The highest BCUT2D eigenvalue weighted by molar-refractivity contribution is 5.95. The molecule has 30 heavy (non-hydrogen) atoms. The van der Waals surface area contributed by atoms with Gasteiger partial charge in [-0.15, -0.1) is 5.06 Å². The van der Waals surface area contributed by atoms with E-state index in [1.807, 2.05) is 0 Å². The zero-order valence-corrected chi connectivity index (χ0v) is 15.8. The van der Waals surface area contributed by atoms with Gasteiger partial charge in [-0.25, -0.2) is 9.78 Å². The van der Waals surface area contributed by atoms with Crippen LogP contribution in [0.3, 0.4) is 0 Å². The largest absolute Gasteiger partial charge is 0.493 e. The summed E-state index contributed by atoms with van der Waals surface area (Å²) in [5.74, 6) is -2.79.